The number of aryl methyl sites for hydroxylation is 3. The second-order valence-electron chi connectivity index (χ2n) is 12.1. The summed E-state index contributed by atoms with van der Waals surface area (Å²) in [4.78, 5) is 0. The molecule has 0 atom stereocenters. The van der Waals surface area contributed by atoms with Gasteiger partial charge in [0, 0.05) is 0 Å². The normalized spacial score (nSPS) is 11.0. The highest BCUT2D eigenvalue weighted by Crippen LogP contribution is 2.45. The first-order valence-electron chi connectivity index (χ1n) is 17.6. The smallest absolute Gasteiger partial charge is 0.212 e. The van der Waals surface area contributed by atoms with Gasteiger partial charge in [0.2, 0.25) is 5.75 Å². The van der Waals surface area contributed by atoms with Crippen LogP contribution in [-0.4, -0.2) is 0 Å². The largest absolute Gasteiger partial charge is 0.453 e. The Labute approximate surface area is 273 Å². The average molecular weight is 607 g/mol. The van der Waals surface area contributed by atoms with Gasteiger partial charge < -0.3 is 14.2 Å². The van der Waals surface area contributed by atoms with E-state index in [2.05, 4.69) is 75.4 Å². The highest BCUT2D eigenvalue weighted by atomic mass is 16.5. The van der Waals surface area contributed by atoms with E-state index in [1.165, 1.54) is 74.5 Å². The number of hydrogen-bond donors (Lipinski definition) is 0. The first-order valence-corrected chi connectivity index (χ1v) is 17.6. The number of unbranched alkanes of at least 4 members (excludes halogenated alkanes) is 9. The molecule has 0 saturated carbocycles. The summed E-state index contributed by atoms with van der Waals surface area (Å²) in [7, 11) is 0. The second kappa shape index (κ2) is 19.6. The van der Waals surface area contributed by atoms with E-state index in [1.807, 2.05) is 36.4 Å². The number of benzene rings is 4. The van der Waals surface area contributed by atoms with Crippen LogP contribution in [0.2, 0.25) is 0 Å². The second-order valence-corrected chi connectivity index (χ2v) is 12.1. The zero-order valence-corrected chi connectivity index (χ0v) is 28.0. The lowest BCUT2D eigenvalue weighted by Crippen LogP contribution is -1.99. The van der Waals surface area contributed by atoms with E-state index in [9.17, 15) is 0 Å². The van der Waals surface area contributed by atoms with Gasteiger partial charge in [0.25, 0.3) is 0 Å². The molecule has 0 N–H and O–H groups in total. The molecule has 240 valence electrons. The molecule has 0 radical (unpaired) electrons. The van der Waals surface area contributed by atoms with Gasteiger partial charge in [0.1, 0.15) is 17.2 Å². The van der Waals surface area contributed by atoms with Crippen molar-refractivity contribution in [1.82, 2.24) is 0 Å². The first kappa shape index (κ1) is 34.2. The van der Waals surface area contributed by atoms with Crippen molar-refractivity contribution < 1.29 is 14.2 Å². The summed E-state index contributed by atoms with van der Waals surface area (Å²) >= 11 is 0. The zero-order chi connectivity index (χ0) is 31.5. The maximum Gasteiger partial charge on any atom is 0.212 e. The van der Waals surface area contributed by atoms with Gasteiger partial charge in [-0.3, -0.25) is 0 Å². The highest BCUT2D eigenvalue weighted by molar-refractivity contribution is 5.57. The molecule has 0 aliphatic rings. The highest BCUT2D eigenvalue weighted by Gasteiger charge is 2.19. The van der Waals surface area contributed by atoms with Crippen LogP contribution in [0.15, 0.2) is 91.0 Å². The van der Waals surface area contributed by atoms with E-state index in [0.29, 0.717) is 17.2 Å². The van der Waals surface area contributed by atoms with E-state index in [-0.39, 0.29) is 0 Å². The van der Waals surface area contributed by atoms with Gasteiger partial charge in [0.05, 0.1) is 0 Å². The molecule has 3 heteroatoms. The standard InChI is InChI=1S/C42H54O3/c1-4-7-10-13-23-34-26-16-19-29-37(34)43-40-32-22-33-41(44-38-30-20-17-27-35(38)24-14-11-8-5-2)42(40)45-39-31-21-18-28-36(39)25-15-12-9-6-3/h16-22,26-33H,4-15,23-25H2,1-3H3. The molecule has 4 rings (SSSR count). The molecule has 0 bridgehead atoms. The molecule has 0 aliphatic carbocycles. The summed E-state index contributed by atoms with van der Waals surface area (Å²) < 4.78 is 20.3. The zero-order valence-electron chi connectivity index (χ0n) is 28.0. The van der Waals surface area contributed by atoms with E-state index >= 15 is 0 Å². The van der Waals surface area contributed by atoms with Gasteiger partial charge in [-0.1, -0.05) is 139 Å². The summed E-state index contributed by atoms with van der Waals surface area (Å²) in [5, 5.41) is 0. The summed E-state index contributed by atoms with van der Waals surface area (Å²) in [5.41, 5.74) is 3.65. The fraction of sp³-hybridized carbons (Fsp3) is 0.429. The minimum atomic E-state index is 0.611. The van der Waals surface area contributed by atoms with Gasteiger partial charge >= 0.3 is 0 Å². The molecule has 45 heavy (non-hydrogen) atoms. The molecule has 0 saturated heterocycles. The third-order valence-corrected chi connectivity index (χ3v) is 8.41. The minimum absolute atomic E-state index is 0.611. The Morgan fingerprint density at radius 1 is 0.333 bits per heavy atom. The van der Waals surface area contributed by atoms with Gasteiger partial charge in [-0.2, -0.15) is 0 Å². The van der Waals surface area contributed by atoms with Crippen LogP contribution >= 0.6 is 0 Å². The van der Waals surface area contributed by atoms with E-state index < -0.39 is 0 Å². The summed E-state index contributed by atoms with van der Waals surface area (Å²) in [5.74, 6) is 4.54. The molecule has 0 amide bonds. The predicted molar refractivity (Wildman–Crippen MR) is 190 cm³/mol. The van der Waals surface area contributed by atoms with Crippen LogP contribution in [0.5, 0.6) is 34.5 Å². The van der Waals surface area contributed by atoms with E-state index in [1.54, 1.807) is 0 Å². The Morgan fingerprint density at radius 3 is 1.04 bits per heavy atom. The number of hydrogen-bond acceptors (Lipinski definition) is 3. The quantitative estimate of drug-likeness (QED) is 0.0883. The summed E-state index contributed by atoms with van der Waals surface area (Å²) in [6.45, 7) is 6.76. The van der Waals surface area contributed by atoms with E-state index in [4.69, 9.17) is 14.2 Å². The first-order chi connectivity index (χ1) is 22.2. The van der Waals surface area contributed by atoms with Gasteiger partial charge in [-0.05, 0) is 85.5 Å². The maximum atomic E-state index is 6.83. The number of para-hydroxylation sites is 4. The molecular formula is C42H54O3. The third-order valence-electron chi connectivity index (χ3n) is 8.41. The van der Waals surface area contributed by atoms with E-state index in [0.717, 1.165) is 55.8 Å². The lowest BCUT2D eigenvalue weighted by Gasteiger charge is -2.20. The molecular weight excluding hydrogens is 552 g/mol. The molecule has 4 aromatic carbocycles. The molecule has 0 heterocycles. The van der Waals surface area contributed by atoms with Crippen LogP contribution in [-0.2, 0) is 19.3 Å². The molecule has 0 fully saturated rings. The Hall–Kier alpha value is -3.72. The van der Waals surface area contributed by atoms with Crippen molar-refractivity contribution in [3.05, 3.63) is 108 Å². The van der Waals surface area contributed by atoms with Crippen LogP contribution in [0.25, 0.3) is 0 Å². The Morgan fingerprint density at radius 2 is 0.667 bits per heavy atom. The lowest BCUT2D eigenvalue weighted by atomic mass is 10.1. The maximum absolute atomic E-state index is 6.83. The van der Waals surface area contributed by atoms with Gasteiger partial charge in [-0.25, -0.2) is 0 Å². The van der Waals surface area contributed by atoms with Gasteiger partial charge in [-0.15, -0.1) is 0 Å². The van der Waals surface area contributed by atoms with Crippen molar-refractivity contribution in [2.45, 2.75) is 117 Å². The van der Waals surface area contributed by atoms with Crippen LogP contribution in [0.3, 0.4) is 0 Å². The molecule has 0 aromatic heterocycles. The van der Waals surface area contributed by atoms with Crippen molar-refractivity contribution >= 4 is 0 Å². The Bertz CT molecular complexity index is 1330. The fourth-order valence-electron chi connectivity index (χ4n) is 5.76. The average Bonchev–Trinajstić information content (AvgIpc) is 3.07. The minimum Gasteiger partial charge on any atom is -0.453 e. The molecule has 0 spiro atoms. The van der Waals surface area contributed by atoms with Crippen LogP contribution in [0.4, 0.5) is 0 Å². The van der Waals surface area contributed by atoms with Crippen molar-refractivity contribution in [2.75, 3.05) is 0 Å². The Balaban J connectivity index is 1.67. The van der Waals surface area contributed by atoms with Gasteiger partial charge in [0.15, 0.2) is 11.5 Å². The molecule has 3 nitrogen and oxygen atoms in total. The van der Waals surface area contributed by atoms with Crippen LogP contribution in [0.1, 0.15) is 115 Å². The topological polar surface area (TPSA) is 27.7 Å². The SMILES string of the molecule is CCCCCCc1ccccc1Oc1cccc(Oc2ccccc2CCCCCC)c1Oc1ccccc1CCCCCC. The fourth-order valence-corrected chi connectivity index (χ4v) is 5.76. The van der Waals surface area contributed by atoms with Crippen LogP contribution in [0, 0.1) is 0 Å². The van der Waals surface area contributed by atoms with Crippen molar-refractivity contribution in [3.8, 4) is 34.5 Å². The lowest BCUT2D eigenvalue weighted by molar-refractivity contribution is 0.381. The molecule has 4 aromatic rings. The van der Waals surface area contributed by atoms with Crippen molar-refractivity contribution in [3.63, 3.8) is 0 Å². The Kier molecular flexibility index (Phi) is 14.9. The number of rotatable bonds is 21. The van der Waals surface area contributed by atoms with Crippen LogP contribution < -0.4 is 14.2 Å². The monoisotopic (exact) mass is 606 g/mol. The van der Waals surface area contributed by atoms with Crippen molar-refractivity contribution in [2.24, 2.45) is 0 Å². The molecule has 0 unspecified atom stereocenters. The summed E-state index contributed by atoms with van der Waals surface area (Å²) in [6, 6.07) is 31.2. The third kappa shape index (κ3) is 11.0. The van der Waals surface area contributed by atoms with Crippen molar-refractivity contribution in [1.29, 1.82) is 0 Å². The predicted octanol–water partition coefficient (Wildman–Crippen LogP) is 13.4. The summed E-state index contributed by atoms with van der Waals surface area (Å²) in [6.07, 6.45) is 17.6. The number of ether oxygens (including phenoxy) is 3. The molecule has 0 aliphatic heterocycles.